The molecule has 25 heteroatoms. The predicted octanol–water partition coefficient (Wildman–Crippen LogP) is 1.98. The van der Waals surface area contributed by atoms with Crippen molar-refractivity contribution >= 4 is 29.8 Å². The summed E-state index contributed by atoms with van der Waals surface area (Å²) in [6.45, 7) is -1.21. The molecule has 25 nitrogen and oxygen atoms in total. The van der Waals surface area contributed by atoms with E-state index in [1.807, 2.05) is 0 Å². The van der Waals surface area contributed by atoms with Gasteiger partial charge in [-0.05, 0) is 66.7 Å². The molecule has 5 aromatic rings. The second-order valence-electron chi connectivity index (χ2n) is 13.8. The molecule has 0 aliphatic carbocycles. The maximum absolute atomic E-state index is 13.9. The van der Waals surface area contributed by atoms with E-state index in [2.05, 4.69) is 0 Å². The van der Waals surface area contributed by atoms with Crippen molar-refractivity contribution in [3.8, 4) is 80.5 Å². The highest BCUT2D eigenvalue weighted by Gasteiger charge is 2.55. The van der Waals surface area contributed by atoms with Crippen LogP contribution in [0.25, 0.3) is 0 Å². The Hall–Kier alpha value is -9.39. The minimum Gasteiger partial charge on any atom is -0.504 e. The molecular formula is C41H32O25. The third-order valence-corrected chi connectivity index (χ3v) is 9.36. The van der Waals surface area contributed by atoms with Crippen LogP contribution in [0.3, 0.4) is 0 Å². The van der Waals surface area contributed by atoms with Gasteiger partial charge in [0.25, 0.3) is 0 Å². The van der Waals surface area contributed by atoms with Gasteiger partial charge in [-0.25, -0.2) is 24.0 Å². The molecule has 5 atom stereocenters. The number of hydrogen-bond acceptors (Lipinski definition) is 25. The molecule has 1 saturated heterocycles. The fourth-order valence-electron chi connectivity index (χ4n) is 6.04. The summed E-state index contributed by atoms with van der Waals surface area (Å²) >= 11 is 0. The van der Waals surface area contributed by atoms with Crippen LogP contribution in [0, 0.1) is 0 Å². The van der Waals surface area contributed by atoms with Gasteiger partial charge in [-0.1, -0.05) is 0 Å². The maximum atomic E-state index is 13.9. The number of aromatic hydroxyl groups is 14. The fraction of sp³-hybridized carbons (Fsp3) is 0.146. The topological polar surface area (TPSA) is 424 Å². The SMILES string of the molecule is O=C(OC[C@H]1O[C@@H](OC(=O)c2ccc(O)c(O)c2)[C@H](OC(=O)c2cc(O)c(O)c(O)c2)[C@@H](OC(=O)c2cc(O)c(O)c(O)c2)[C@@H]1OC(=O)c1cc(O)c(O)c(O)c1)c1cc(O)c(O)c(O)c1. The molecule has 0 amide bonds. The number of rotatable bonds is 11. The Bertz CT molecular complexity index is 2690. The fourth-order valence-corrected chi connectivity index (χ4v) is 6.04. The van der Waals surface area contributed by atoms with Crippen molar-refractivity contribution in [2.75, 3.05) is 6.61 Å². The third kappa shape index (κ3) is 9.49. The molecule has 0 bridgehead atoms. The first-order valence-corrected chi connectivity index (χ1v) is 18.2. The molecule has 66 heavy (non-hydrogen) atoms. The highest BCUT2D eigenvalue weighted by atomic mass is 16.7. The summed E-state index contributed by atoms with van der Waals surface area (Å²) in [7, 11) is 0. The molecule has 0 radical (unpaired) electrons. The third-order valence-electron chi connectivity index (χ3n) is 9.36. The monoisotopic (exact) mass is 924 g/mol. The summed E-state index contributed by atoms with van der Waals surface area (Å²) in [5.74, 6) is -22.2. The lowest BCUT2D eigenvalue weighted by molar-refractivity contribution is -0.282. The van der Waals surface area contributed by atoms with Crippen LogP contribution in [0.2, 0.25) is 0 Å². The summed E-state index contributed by atoms with van der Waals surface area (Å²) < 4.78 is 33.4. The first-order chi connectivity index (χ1) is 31.0. The second kappa shape index (κ2) is 18.1. The molecule has 1 fully saturated rings. The lowest BCUT2D eigenvalue weighted by Gasteiger charge is -2.43. The number of phenols is 14. The van der Waals surface area contributed by atoms with E-state index in [9.17, 15) is 95.5 Å². The van der Waals surface area contributed by atoms with Crippen LogP contribution in [-0.4, -0.2) is 139 Å². The van der Waals surface area contributed by atoms with Gasteiger partial charge in [-0.2, -0.15) is 0 Å². The summed E-state index contributed by atoms with van der Waals surface area (Å²) in [5, 5.41) is 140. The van der Waals surface area contributed by atoms with Gasteiger partial charge in [0.1, 0.15) is 12.7 Å². The van der Waals surface area contributed by atoms with Crippen LogP contribution >= 0.6 is 0 Å². The van der Waals surface area contributed by atoms with Gasteiger partial charge < -0.3 is 99.9 Å². The molecule has 0 unspecified atom stereocenters. The lowest BCUT2D eigenvalue weighted by Crippen LogP contribution is -2.63. The Balaban J connectivity index is 1.51. The van der Waals surface area contributed by atoms with E-state index in [4.69, 9.17) is 28.4 Å². The van der Waals surface area contributed by atoms with Crippen molar-refractivity contribution in [2.24, 2.45) is 0 Å². The number of carbonyl (C=O) groups is 5. The van der Waals surface area contributed by atoms with Crippen LogP contribution in [-0.2, 0) is 28.4 Å². The Morgan fingerprint density at radius 1 is 0.364 bits per heavy atom. The molecule has 14 N–H and O–H groups in total. The Morgan fingerprint density at radius 3 is 1.06 bits per heavy atom. The number of hydrogen-bond donors (Lipinski definition) is 14. The zero-order valence-corrected chi connectivity index (χ0v) is 32.7. The van der Waals surface area contributed by atoms with E-state index in [1.54, 1.807) is 0 Å². The van der Waals surface area contributed by atoms with Crippen molar-refractivity contribution < 1.29 is 124 Å². The van der Waals surface area contributed by atoms with E-state index >= 15 is 0 Å². The highest BCUT2D eigenvalue weighted by Crippen LogP contribution is 2.41. The van der Waals surface area contributed by atoms with Crippen molar-refractivity contribution in [1.29, 1.82) is 0 Å². The van der Waals surface area contributed by atoms with Gasteiger partial charge in [0.15, 0.2) is 92.7 Å². The minimum absolute atomic E-state index is 0.550. The van der Waals surface area contributed by atoms with E-state index in [0.717, 1.165) is 12.1 Å². The number of carbonyl (C=O) groups excluding carboxylic acids is 5. The van der Waals surface area contributed by atoms with Gasteiger partial charge in [0, 0.05) is 0 Å². The standard InChI is InChI=1S/C41H32O25/c42-18-2-1-13(3-19(18)43)37(57)66-41-35(65-40(60)17-10-26(50)32(55)27(51)11-17)34(64-39(59)16-8-24(48)31(54)25(49)9-16)33(63-38(58)15-6-22(46)30(53)23(47)7-15)28(62-41)12-61-36(56)14-4-20(44)29(52)21(45)5-14/h1-11,28,33-35,41-55H,12H2/t28-,33-,34+,35-,41+/m1/s1. The van der Waals surface area contributed by atoms with Crippen LogP contribution in [0.1, 0.15) is 51.8 Å². The van der Waals surface area contributed by atoms with Crippen LogP contribution in [0.15, 0.2) is 66.7 Å². The van der Waals surface area contributed by atoms with Crippen molar-refractivity contribution in [1.82, 2.24) is 0 Å². The first-order valence-electron chi connectivity index (χ1n) is 18.2. The molecule has 5 aromatic carbocycles. The van der Waals surface area contributed by atoms with Crippen LogP contribution in [0.5, 0.6) is 80.5 Å². The van der Waals surface area contributed by atoms with Gasteiger partial charge in [-0.15, -0.1) is 0 Å². The number of phenolic OH excluding ortho intramolecular Hbond substituents is 14. The molecule has 0 saturated carbocycles. The van der Waals surface area contributed by atoms with Gasteiger partial charge >= 0.3 is 29.8 Å². The molecule has 0 spiro atoms. The lowest BCUT2D eigenvalue weighted by atomic mass is 9.97. The number of esters is 5. The zero-order chi connectivity index (χ0) is 48.5. The van der Waals surface area contributed by atoms with Crippen molar-refractivity contribution in [2.45, 2.75) is 30.7 Å². The molecule has 1 heterocycles. The summed E-state index contributed by atoms with van der Waals surface area (Å²) in [4.78, 5) is 68.4. The van der Waals surface area contributed by atoms with E-state index < -0.39 is 175 Å². The van der Waals surface area contributed by atoms with Gasteiger partial charge in [0.2, 0.25) is 12.4 Å². The first kappa shape index (κ1) is 46.1. The predicted molar refractivity (Wildman–Crippen MR) is 207 cm³/mol. The average molecular weight is 925 g/mol. The molecule has 346 valence electrons. The quantitative estimate of drug-likeness (QED) is 0.0511. The summed E-state index contributed by atoms with van der Waals surface area (Å²) in [6, 6.07) is 7.11. The van der Waals surface area contributed by atoms with E-state index in [-0.39, 0.29) is 0 Å². The van der Waals surface area contributed by atoms with Crippen molar-refractivity contribution in [3.63, 3.8) is 0 Å². The number of benzene rings is 5. The Morgan fingerprint density at radius 2 is 0.682 bits per heavy atom. The molecule has 0 aromatic heterocycles. The summed E-state index contributed by atoms with van der Waals surface area (Å²) in [5.41, 5.74) is -3.54. The van der Waals surface area contributed by atoms with Gasteiger partial charge in [-0.3, -0.25) is 0 Å². The largest absolute Gasteiger partial charge is 0.504 e. The van der Waals surface area contributed by atoms with E-state index in [0.29, 0.717) is 54.6 Å². The summed E-state index contributed by atoms with van der Waals surface area (Å²) in [6.07, 6.45) is -11.9. The molecule has 1 aliphatic rings. The normalized spacial score (nSPS) is 17.8. The molecular weight excluding hydrogens is 892 g/mol. The highest BCUT2D eigenvalue weighted by molar-refractivity contribution is 5.94. The Labute approximate surface area is 365 Å². The van der Waals surface area contributed by atoms with E-state index in [1.165, 1.54) is 0 Å². The van der Waals surface area contributed by atoms with Gasteiger partial charge in [0.05, 0.1) is 27.8 Å². The van der Waals surface area contributed by atoms with Crippen molar-refractivity contribution in [3.05, 3.63) is 94.5 Å². The maximum Gasteiger partial charge on any atom is 0.340 e. The van der Waals surface area contributed by atoms with Crippen LogP contribution < -0.4 is 0 Å². The smallest absolute Gasteiger partial charge is 0.340 e. The minimum atomic E-state index is -2.48. The Kier molecular flexibility index (Phi) is 12.7. The average Bonchev–Trinajstić information content (AvgIpc) is 3.26. The molecule has 6 rings (SSSR count). The molecule has 1 aliphatic heterocycles. The van der Waals surface area contributed by atoms with Crippen LogP contribution in [0.4, 0.5) is 0 Å². The zero-order valence-electron chi connectivity index (χ0n) is 32.7. The number of ether oxygens (including phenoxy) is 6. The second-order valence-corrected chi connectivity index (χ2v) is 13.8.